The molecule has 0 saturated heterocycles. The van der Waals surface area contributed by atoms with Crippen LogP contribution in [0.4, 0.5) is 0 Å². The molecule has 0 aliphatic heterocycles. The van der Waals surface area contributed by atoms with Crippen molar-refractivity contribution < 1.29 is 13.6 Å². The van der Waals surface area contributed by atoms with Crippen LogP contribution in [0.25, 0.3) is 32.4 Å². The second-order valence-corrected chi connectivity index (χ2v) is 5.65. The van der Waals surface area contributed by atoms with Gasteiger partial charge in [0.05, 0.1) is 18.8 Å². The molecule has 0 unspecified atom stereocenters. The maximum Gasteiger partial charge on any atom is 0.336 e. The SMILES string of the molecule is Cc1oc2c(COCCN=[N+]=[N-])c3oc(=O)cc(C)c3cc2c1C. The fraction of sp³-hybridized carbons (Fsp3) is 0.353. The molecule has 2 aromatic heterocycles. The Morgan fingerprint density at radius 2 is 1.92 bits per heavy atom. The summed E-state index contributed by atoms with van der Waals surface area (Å²) in [4.78, 5) is 14.5. The van der Waals surface area contributed by atoms with Crippen LogP contribution in [0, 0.1) is 20.8 Å². The predicted octanol–water partition coefficient (Wildman–Crippen LogP) is 4.29. The van der Waals surface area contributed by atoms with Gasteiger partial charge in [0.25, 0.3) is 0 Å². The number of fused-ring (bicyclic) bond motifs is 2. The van der Waals surface area contributed by atoms with Crippen LogP contribution in [0.15, 0.2) is 30.9 Å². The van der Waals surface area contributed by atoms with Crippen LogP contribution < -0.4 is 5.63 Å². The van der Waals surface area contributed by atoms with Crippen molar-refractivity contribution in [3.63, 3.8) is 0 Å². The highest BCUT2D eigenvalue weighted by Crippen LogP contribution is 2.34. The second kappa shape index (κ2) is 6.39. The van der Waals surface area contributed by atoms with Crippen molar-refractivity contribution in [3.05, 3.63) is 55.4 Å². The van der Waals surface area contributed by atoms with E-state index in [4.69, 9.17) is 19.1 Å². The topological polar surface area (TPSA) is 101 Å². The van der Waals surface area contributed by atoms with Crippen LogP contribution in [-0.4, -0.2) is 13.2 Å². The maximum atomic E-state index is 11.8. The largest absolute Gasteiger partial charge is 0.461 e. The van der Waals surface area contributed by atoms with E-state index in [1.807, 2.05) is 26.8 Å². The highest BCUT2D eigenvalue weighted by molar-refractivity contribution is 6.00. The lowest BCUT2D eigenvalue weighted by Gasteiger charge is -2.09. The zero-order valence-electron chi connectivity index (χ0n) is 13.8. The number of benzene rings is 1. The van der Waals surface area contributed by atoms with E-state index in [1.165, 1.54) is 6.07 Å². The molecular weight excluding hydrogens is 310 g/mol. The van der Waals surface area contributed by atoms with Crippen molar-refractivity contribution in [2.24, 2.45) is 5.11 Å². The van der Waals surface area contributed by atoms with Gasteiger partial charge >= 0.3 is 5.63 Å². The van der Waals surface area contributed by atoms with Crippen LogP contribution >= 0.6 is 0 Å². The van der Waals surface area contributed by atoms with Gasteiger partial charge in [-0.25, -0.2) is 4.79 Å². The van der Waals surface area contributed by atoms with Crippen LogP contribution in [0.3, 0.4) is 0 Å². The van der Waals surface area contributed by atoms with Crippen LogP contribution in [0.2, 0.25) is 0 Å². The van der Waals surface area contributed by atoms with E-state index >= 15 is 0 Å². The molecule has 3 aromatic rings. The minimum absolute atomic E-state index is 0.202. The Hall–Kier alpha value is -2.76. The van der Waals surface area contributed by atoms with Gasteiger partial charge in [0.1, 0.15) is 16.9 Å². The summed E-state index contributed by atoms with van der Waals surface area (Å²) < 4.78 is 16.9. The molecule has 2 heterocycles. The molecule has 0 atom stereocenters. The number of aryl methyl sites for hydroxylation is 3. The summed E-state index contributed by atoms with van der Waals surface area (Å²) in [7, 11) is 0. The lowest BCUT2D eigenvalue weighted by molar-refractivity contribution is 0.128. The average molecular weight is 327 g/mol. The van der Waals surface area contributed by atoms with Crippen LogP contribution in [0.1, 0.15) is 22.5 Å². The maximum absolute atomic E-state index is 11.8. The molecule has 0 amide bonds. The van der Waals surface area contributed by atoms with Gasteiger partial charge in [0, 0.05) is 28.3 Å². The molecule has 0 bridgehead atoms. The molecule has 24 heavy (non-hydrogen) atoms. The molecule has 0 aliphatic carbocycles. The third kappa shape index (κ3) is 2.75. The van der Waals surface area contributed by atoms with Crippen molar-refractivity contribution in [1.29, 1.82) is 0 Å². The standard InChI is InChI=1S/C17H17N3O4/c1-9-6-15(21)24-16-12(9)7-13-10(2)11(3)23-17(13)14(16)8-22-5-4-19-20-18/h6-7H,4-5,8H2,1-3H3. The van der Waals surface area contributed by atoms with E-state index in [1.54, 1.807) is 0 Å². The van der Waals surface area contributed by atoms with Gasteiger partial charge in [-0.2, -0.15) is 0 Å². The Balaban J connectivity index is 2.18. The molecule has 0 fully saturated rings. The summed E-state index contributed by atoms with van der Waals surface area (Å²) in [5, 5.41) is 5.27. The second-order valence-electron chi connectivity index (χ2n) is 5.65. The monoisotopic (exact) mass is 327 g/mol. The van der Waals surface area contributed by atoms with Gasteiger partial charge in [-0.15, -0.1) is 0 Å². The van der Waals surface area contributed by atoms with Crippen molar-refractivity contribution in [1.82, 2.24) is 0 Å². The van der Waals surface area contributed by atoms with Crippen LogP contribution in [0.5, 0.6) is 0 Å². The Bertz CT molecular complexity index is 1030. The minimum Gasteiger partial charge on any atom is -0.461 e. The Morgan fingerprint density at radius 3 is 2.67 bits per heavy atom. The fourth-order valence-corrected chi connectivity index (χ4v) is 2.77. The van der Waals surface area contributed by atoms with Crippen molar-refractivity contribution >= 4 is 21.9 Å². The number of azide groups is 1. The zero-order valence-corrected chi connectivity index (χ0v) is 13.8. The van der Waals surface area contributed by atoms with E-state index < -0.39 is 5.63 Å². The molecule has 1 aromatic carbocycles. The first-order chi connectivity index (χ1) is 11.5. The van der Waals surface area contributed by atoms with Gasteiger partial charge in [0.2, 0.25) is 0 Å². The van der Waals surface area contributed by atoms with E-state index in [9.17, 15) is 4.79 Å². The summed E-state index contributed by atoms with van der Waals surface area (Å²) in [5.41, 5.74) is 11.6. The summed E-state index contributed by atoms with van der Waals surface area (Å²) in [6.45, 7) is 6.48. The summed E-state index contributed by atoms with van der Waals surface area (Å²) in [6.07, 6.45) is 0. The lowest BCUT2D eigenvalue weighted by Crippen LogP contribution is -2.03. The van der Waals surface area contributed by atoms with Crippen molar-refractivity contribution in [3.8, 4) is 0 Å². The molecule has 7 heteroatoms. The Labute approximate surface area is 137 Å². The van der Waals surface area contributed by atoms with E-state index in [0.717, 1.165) is 27.7 Å². The molecule has 0 aliphatic rings. The third-order valence-electron chi connectivity index (χ3n) is 4.12. The highest BCUT2D eigenvalue weighted by atomic mass is 16.5. The summed E-state index contributed by atoms with van der Waals surface area (Å²) >= 11 is 0. The van der Waals surface area contributed by atoms with Crippen molar-refractivity contribution in [2.45, 2.75) is 27.4 Å². The van der Waals surface area contributed by atoms with Gasteiger partial charge in [-0.1, -0.05) is 5.11 Å². The quantitative estimate of drug-likeness (QED) is 0.229. The smallest absolute Gasteiger partial charge is 0.336 e. The van der Waals surface area contributed by atoms with Gasteiger partial charge in [-0.05, 0) is 43.5 Å². The highest BCUT2D eigenvalue weighted by Gasteiger charge is 2.18. The lowest BCUT2D eigenvalue weighted by atomic mass is 10.0. The zero-order chi connectivity index (χ0) is 17.3. The molecular formula is C17H17N3O4. The first-order valence-corrected chi connectivity index (χ1v) is 7.57. The van der Waals surface area contributed by atoms with Crippen molar-refractivity contribution in [2.75, 3.05) is 13.2 Å². The number of hydrogen-bond donors (Lipinski definition) is 0. The molecule has 0 N–H and O–H groups in total. The minimum atomic E-state index is -0.408. The van der Waals surface area contributed by atoms with Gasteiger partial charge in [0.15, 0.2) is 0 Å². The number of rotatable bonds is 5. The summed E-state index contributed by atoms with van der Waals surface area (Å²) in [6, 6.07) is 3.46. The van der Waals surface area contributed by atoms with Gasteiger partial charge in [-0.3, -0.25) is 0 Å². The summed E-state index contributed by atoms with van der Waals surface area (Å²) in [5.74, 6) is 0.815. The molecule has 0 saturated carbocycles. The first kappa shape index (κ1) is 16.1. The molecule has 124 valence electrons. The first-order valence-electron chi connectivity index (χ1n) is 7.57. The fourth-order valence-electron chi connectivity index (χ4n) is 2.77. The van der Waals surface area contributed by atoms with Crippen LogP contribution in [-0.2, 0) is 11.3 Å². The Kier molecular flexibility index (Phi) is 4.29. The normalized spacial score (nSPS) is 11.1. The average Bonchev–Trinajstić information content (AvgIpc) is 2.82. The number of ether oxygens (including phenoxy) is 1. The van der Waals surface area contributed by atoms with E-state index in [0.29, 0.717) is 16.7 Å². The van der Waals surface area contributed by atoms with Gasteiger partial charge < -0.3 is 13.6 Å². The number of hydrogen-bond acceptors (Lipinski definition) is 5. The van der Waals surface area contributed by atoms with E-state index in [2.05, 4.69) is 10.0 Å². The number of nitrogens with zero attached hydrogens (tertiary/aromatic N) is 3. The molecule has 0 radical (unpaired) electrons. The predicted molar refractivity (Wildman–Crippen MR) is 90.1 cm³/mol. The molecule has 3 rings (SSSR count). The molecule has 0 spiro atoms. The molecule has 7 nitrogen and oxygen atoms in total. The number of furan rings is 1. The third-order valence-corrected chi connectivity index (χ3v) is 4.12. The Morgan fingerprint density at radius 1 is 1.17 bits per heavy atom. The van der Waals surface area contributed by atoms with E-state index in [-0.39, 0.29) is 19.8 Å².